The lowest BCUT2D eigenvalue weighted by molar-refractivity contribution is -0.557. The van der Waals surface area contributed by atoms with Gasteiger partial charge in [0.15, 0.2) is 0 Å². The second-order valence-corrected chi connectivity index (χ2v) is 2.13. The summed E-state index contributed by atoms with van der Waals surface area (Å²) in [5.41, 5.74) is 0. The third-order valence-electron chi connectivity index (χ3n) is 0.812. The Morgan fingerprint density at radius 2 is 0.938 bits per heavy atom. The molecule has 0 atom stereocenters. The van der Waals surface area contributed by atoms with Gasteiger partial charge in [-0.2, -0.15) is 26.7 Å². The van der Waals surface area contributed by atoms with Crippen LogP contribution in [0.1, 0.15) is 0 Å². The number of hydrogen-bond donors (Lipinski definition) is 0. The molecule has 12 heteroatoms. The molecule has 98 valence electrons. The van der Waals surface area contributed by atoms with Crippen molar-refractivity contribution in [2.24, 2.45) is 0 Å². The van der Waals surface area contributed by atoms with Gasteiger partial charge in [0.1, 0.15) is 0 Å². The zero-order valence-corrected chi connectivity index (χ0v) is 6.60. The highest BCUT2D eigenvalue weighted by atomic mass is 19.4. The summed E-state index contributed by atoms with van der Waals surface area (Å²) < 4.78 is 117. The second-order valence-electron chi connectivity index (χ2n) is 2.13. The van der Waals surface area contributed by atoms with Gasteiger partial charge < -0.3 is 0 Å². The third kappa shape index (κ3) is 4.83. The van der Waals surface area contributed by atoms with Gasteiger partial charge in [0, 0.05) is 0 Å². The quantitative estimate of drug-likeness (QED) is 0.579. The fourth-order valence-corrected chi connectivity index (χ4v) is 0.363. The van der Waals surface area contributed by atoms with Crippen molar-refractivity contribution in [3.8, 4) is 0 Å². The molecular formula is C4F10O2. The second kappa shape index (κ2) is 3.91. The summed E-state index contributed by atoms with van der Waals surface area (Å²) >= 11 is 0. The summed E-state index contributed by atoms with van der Waals surface area (Å²) in [5.74, 6) is 0. The Kier molecular flexibility index (Phi) is 3.72. The van der Waals surface area contributed by atoms with E-state index in [1.54, 1.807) is 9.47 Å². The van der Waals surface area contributed by atoms with Gasteiger partial charge in [-0.1, -0.05) is 0 Å². The van der Waals surface area contributed by atoms with Gasteiger partial charge in [0.2, 0.25) is 0 Å². The molecule has 0 aromatic rings. The number of ether oxygens (including phenoxy) is 2. The van der Waals surface area contributed by atoms with Crippen molar-refractivity contribution in [3.05, 3.63) is 0 Å². The molecule has 0 aliphatic rings. The predicted octanol–water partition coefficient (Wildman–Crippen LogP) is 3.24. The lowest BCUT2D eigenvalue weighted by Crippen LogP contribution is -2.47. The van der Waals surface area contributed by atoms with Crippen LogP contribution in [0.25, 0.3) is 0 Å². The molecule has 0 fully saturated rings. The Hall–Kier alpha value is -0.780. The van der Waals surface area contributed by atoms with Crippen LogP contribution in [0.5, 0.6) is 0 Å². The summed E-state index contributed by atoms with van der Waals surface area (Å²) in [5, 5.41) is 0. The molecule has 0 saturated heterocycles. The minimum atomic E-state index is -6.61. The number of halogens is 10. The summed E-state index contributed by atoms with van der Waals surface area (Å²) in [6.07, 6.45) is -25.4. The normalized spacial score (nSPS) is 15.4. The number of rotatable bonds is 3. The van der Waals surface area contributed by atoms with Crippen molar-refractivity contribution >= 4 is 0 Å². The molecule has 0 aliphatic heterocycles. The molecule has 0 unspecified atom stereocenters. The standard InChI is InChI=1S/C4F10O2/c5-1(6,7)2(8,9)15-4(13,14)16-3(10,11)12. The van der Waals surface area contributed by atoms with E-state index >= 15 is 0 Å². The van der Waals surface area contributed by atoms with E-state index in [1.807, 2.05) is 0 Å². The van der Waals surface area contributed by atoms with Crippen LogP contribution in [0, 0.1) is 0 Å². The zero-order chi connectivity index (χ0) is 13.4. The molecule has 0 radical (unpaired) electrons. The Morgan fingerprint density at radius 1 is 0.562 bits per heavy atom. The highest BCUT2D eigenvalue weighted by molar-refractivity contribution is 4.64. The van der Waals surface area contributed by atoms with Crippen molar-refractivity contribution in [1.82, 2.24) is 0 Å². The van der Waals surface area contributed by atoms with Crippen LogP contribution in [0.2, 0.25) is 0 Å². The van der Waals surface area contributed by atoms with Crippen molar-refractivity contribution in [3.63, 3.8) is 0 Å². The van der Waals surface area contributed by atoms with E-state index in [4.69, 9.17) is 0 Å². The van der Waals surface area contributed by atoms with Gasteiger partial charge in [-0.15, -0.1) is 22.0 Å². The summed E-state index contributed by atoms with van der Waals surface area (Å²) in [6, 6.07) is 0. The first kappa shape index (κ1) is 15.2. The van der Waals surface area contributed by atoms with Crippen LogP contribution in [0.15, 0.2) is 0 Å². The minimum Gasteiger partial charge on any atom is -0.222 e. The average Bonchev–Trinajstić information content (AvgIpc) is 1.72. The molecule has 0 amide bonds. The SMILES string of the molecule is FC(F)(F)OC(F)(F)OC(F)(F)C(F)(F)F. The lowest BCUT2D eigenvalue weighted by Gasteiger charge is -2.24. The number of hydrogen-bond acceptors (Lipinski definition) is 2. The molecule has 0 aliphatic carbocycles. The topological polar surface area (TPSA) is 18.5 Å². The first-order chi connectivity index (χ1) is 6.66. The Morgan fingerprint density at radius 3 is 1.19 bits per heavy atom. The summed E-state index contributed by atoms with van der Waals surface area (Å²) in [7, 11) is 0. The fourth-order valence-electron chi connectivity index (χ4n) is 0.363. The fraction of sp³-hybridized carbons (Fsp3) is 1.00. The Balaban J connectivity index is 4.72. The number of alkyl halides is 10. The minimum absolute atomic E-state index is 1.62. The molecule has 0 aromatic carbocycles. The summed E-state index contributed by atoms with van der Waals surface area (Å²) in [4.78, 5) is 0. The van der Waals surface area contributed by atoms with Crippen molar-refractivity contribution < 1.29 is 53.4 Å². The van der Waals surface area contributed by atoms with Gasteiger partial charge in [-0.25, -0.2) is 4.74 Å². The molecule has 0 spiro atoms. The predicted molar refractivity (Wildman–Crippen MR) is 24.2 cm³/mol. The van der Waals surface area contributed by atoms with Crippen molar-refractivity contribution in [2.75, 3.05) is 0 Å². The molecule has 2 nitrogen and oxygen atoms in total. The van der Waals surface area contributed by atoms with Gasteiger partial charge in [-0.05, 0) is 0 Å². The maximum Gasteiger partial charge on any atom is 0.529 e. The van der Waals surface area contributed by atoms with E-state index in [0.717, 1.165) is 0 Å². The summed E-state index contributed by atoms with van der Waals surface area (Å²) in [6.45, 7) is 0. The molecule has 0 N–H and O–H groups in total. The van der Waals surface area contributed by atoms with Gasteiger partial charge in [-0.3, -0.25) is 0 Å². The van der Waals surface area contributed by atoms with Crippen LogP contribution in [-0.4, -0.2) is 24.9 Å². The monoisotopic (exact) mass is 270 g/mol. The van der Waals surface area contributed by atoms with E-state index in [0.29, 0.717) is 0 Å². The van der Waals surface area contributed by atoms with Crippen LogP contribution in [-0.2, 0) is 9.47 Å². The lowest BCUT2D eigenvalue weighted by atomic mass is 10.6. The van der Waals surface area contributed by atoms with Crippen molar-refractivity contribution in [2.45, 2.75) is 24.9 Å². The molecule has 0 bridgehead atoms. The highest BCUT2D eigenvalue weighted by Gasteiger charge is 2.66. The Bertz CT molecular complexity index is 238. The molecule has 0 rings (SSSR count). The van der Waals surface area contributed by atoms with E-state index in [9.17, 15) is 43.9 Å². The molecule has 0 aromatic heterocycles. The smallest absolute Gasteiger partial charge is 0.222 e. The average molecular weight is 270 g/mol. The maximum atomic E-state index is 11.8. The molecular weight excluding hydrogens is 270 g/mol. The van der Waals surface area contributed by atoms with E-state index in [2.05, 4.69) is 0 Å². The van der Waals surface area contributed by atoms with Crippen LogP contribution in [0.4, 0.5) is 43.9 Å². The molecule has 0 heterocycles. The molecule has 0 saturated carbocycles. The van der Waals surface area contributed by atoms with E-state index < -0.39 is 24.9 Å². The first-order valence-corrected chi connectivity index (χ1v) is 2.96. The third-order valence-corrected chi connectivity index (χ3v) is 0.812. The first-order valence-electron chi connectivity index (χ1n) is 2.96. The van der Waals surface area contributed by atoms with E-state index in [1.165, 1.54) is 0 Å². The van der Waals surface area contributed by atoms with Crippen molar-refractivity contribution in [1.29, 1.82) is 0 Å². The Labute approximate surface area is 79.7 Å². The van der Waals surface area contributed by atoms with Gasteiger partial charge >= 0.3 is 24.9 Å². The van der Waals surface area contributed by atoms with Gasteiger partial charge in [0.05, 0.1) is 0 Å². The highest BCUT2D eigenvalue weighted by Crippen LogP contribution is 2.42. The van der Waals surface area contributed by atoms with Crippen LogP contribution in [0.3, 0.4) is 0 Å². The van der Waals surface area contributed by atoms with Gasteiger partial charge in [0.25, 0.3) is 0 Å². The van der Waals surface area contributed by atoms with Crippen LogP contribution < -0.4 is 0 Å². The zero-order valence-electron chi connectivity index (χ0n) is 6.60. The largest absolute Gasteiger partial charge is 0.529 e. The maximum absolute atomic E-state index is 11.8. The molecule has 16 heavy (non-hydrogen) atoms. The van der Waals surface area contributed by atoms with E-state index in [-0.39, 0.29) is 0 Å². The van der Waals surface area contributed by atoms with Crippen LogP contribution >= 0.6 is 0 Å².